The van der Waals surface area contributed by atoms with E-state index >= 15 is 0 Å². The first-order valence-corrected chi connectivity index (χ1v) is 5.17. The monoisotopic (exact) mass is 208 g/mol. The number of ether oxygens (including phenoxy) is 2. The van der Waals surface area contributed by atoms with Crippen molar-refractivity contribution in [1.82, 2.24) is 4.98 Å². The maximum atomic E-state index is 5.45. The number of rotatable bonds is 2. The molecule has 0 aromatic carbocycles. The summed E-state index contributed by atoms with van der Waals surface area (Å²) in [4.78, 5) is 4.28. The van der Waals surface area contributed by atoms with Crippen LogP contribution in [0.4, 0.5) is 5.69 Å². The number of fused-ring (bicyclic) bond motifs is 1. The van der Waals surface area contributed by atoms with E-state index < -0.39 is 0 Å². The highest BCUT2D eigenvalue weighted by atomic mass is 16.5. The van der Waals surface area contributed by atoms with Gasteiger partial charge in [0.15, 0.2) is 5.75 Å². The van der Waals surface area contributed by atoms with Crippen molar-refractivity contribution in [2.45, 2.75) is 19.8 Å². The predicted molar refractivity (Wildman–Crippen MR) is 58.9 cm³/mol. The lowest BCUT2D eigenvalue weighted by atomic mass is 10.0. The average Bonchev–Trinajstić information content (AvgIpc) is 2.27. The Hall–Kier alpha value is -1.45. The van der Waals surface area contributed by atoms with Crippen LogP contribution in [0.25, 0.3) is 0 Å². The van der Waals surface area contributed by atoms with Gasteiger partial charge >= 0.3 is 0 Å². The zero-order valence-electron chi connectivity index (χ0n) is 9.33. The van der Waals surface area contributed by atoms with Crippen LogP contribution in [0, 0.1) is 0 Å². The van der Waals surface area contributed by atoms with Crippen LogP contribution in [-0.4, -0.2) is 25.2 Å². The molecule has 4 nitrogen and oxygen atoms in total. The number of pyridine rings is 1. The maximum absolute atomic E-state index is 5.45. The molecule has 0 amide bonds. The molecular formula is C11H16N2O2. The summed E-state index contributed by atoms with van der Waals surface area (Å²) in [5.41, 5.74) is 1.99. The molecule has 0 saturated carbocycles. The summed E-state index contributed by atoms with van der Waals surface area (Å²) in [6.07, 6.45) is 1.83. The molecule has 0 unspecified atom stereocenters. The van der Waals surface area contributed by atoms with Crippen molar-refractivity contribution in [1.29, 1.82) is 0 Å². The highest BCUT2D eigenvalue weighted by Gasteiger charge is 2.20. The second kappa shape index (κ2) is 3.96. The van der Waals surface area contributed by atoms with Gasteiger partial charge in [0.05, 0.1) is 7.11 Å². The van der Waals surface area contributed by atoms with Crippen molar-refractivity contribution >= 4 is 5.69 Å². The highest BCUT2D eigenvalue weighted by molar-refractivity contribution is 5.67. The van der Waals surface area contributed by atoms with Gasteiger partial charge in [0.2, 0.25) is 5.88 Å². The van der Waals surface area contributed by atoms with Gasteiger partial charge < -0.3 is 14.8 Å². The summed E-state index contributed by atoms with van der Waals surface area (Å²) >= 11 is 0. The molecule has 82 valence electrons. The molecule has 1 N–H and O–H groups in total. The number of anilines is 1. The maximum Gasteiger partial charge on any atom is 0.241 e. The van der Waals surface area contributed by atoms with Crippen molar-refractivity contribution in [2.75, 3.05) is 25.6 Å². The smallest absolute Gasteiger partial charge is 0.241 e. The minimum Gasteiger partial charge on any atom is -0.494 e. The second-order valence-electron chi connectivity index (χ2n) is 3.86. The fourth-order valence-corrected chi connectivity index (χ4v) is 1.71. The van der Waals surface area contributed by atoms with E-state index in [9.17, 15) is 0 Å². The lowest BCUT2D eigenvalue weighted by Gasteiger charge is -2.22. The molecule has 2 rings (SSSR count). The standard InChI is InChI=1S/C11H16N2O2/c1-7(2)8-6-13-11-9(10(8)14-3)12-4-5-15-11/h6-7,12H,4-5H2,1-3H3. The molecule has 1 aromatic rings. The molecule has 0 radical (unpaired) electrons. The minimum atomic E-state index is 0.390. The van der Waals surface area contributed by atoms with Crippen LogP contribution < -0.4 is 14.8 Å². The molecule has 2 heterocycles. The van der Waals surface area contributed by atoms with Crippen molar-refractivity contribution in [2.24, 2.45) is 0 Å². The first-order valence-electron chi connectivity index (χ1n) is 5.17. The molecular weight excluding hydrogens is 192 g/mol. The Morgan fingerprint density at radius 3 is 3.00 bits per heavy atom. The quantitative estimate of drug-likeness (QED) is 0.807. The second-order valence-corrected chi connectivity index (χ2v) is 3.86. The van der Waals surface area contributed by atoms with E-state index in [0.29, 0.717) is 18.4 Å². The molecule has 1 aliphatic heterocycles. The van der Waals surface area contributed by atoms with Crippen LogP contribution in [0.1, 0.15) is 25.3 Å². The van der Waals surface area contributed by atoms with E-state index in [4.69, 9.17) is 9.47 Å². The highest BCUT2D eigenvalue weighted by Crippen LogP contribution is 2.39. The predicted octanol–water partition coefficient (Wildman–Crippen LogP) is 2.02. The van der Waals surface area contributed by atoms with Gasteiger partial charge in [0.1, 0.15) is 12.3 Å². The van der Waals surface area contributed by atoms with Crippen molar-refractivity contribution in [3.05, 3.63) is 11.8 Å². The van der Waals surface area contributed by atoms with Crippen LogP contribution in [0.15, 0.2) is 6.20 Å². The molecule has 0 atom stereocenters. The first-order chi connectivity index (χ1) is 7.24. The molecule has 0 spiro atoms. The van der Waals surface area contributed by atoms with Crippen molar-refractivity contribution in [3.63, 3.8) is 0 Å². The zero-order valence-corrected chi connectivity index (χ0v) is 9.33. The van der Waals surface area contributed by atoms with E-state index in [1.807, 2.05) is 6.20 Å². The molecule has 1 aliphatic rings. The third-order valence-electron chi connectivity index (χ3n) is 2.49. The van der Waals surface area contributed by atoms with E-state index in [1.165, 1.54) is 0 Å². The van der Waals surface area contributed by atoms with Crippen molar-refractivity contribution < 1.29 is 9.47 Å². The van der Waals surface area contributed by atoms with E-state index in [1.54, 1.807) is 7.11 Å². The Bertz CT molecular complexity index is 364. The first kappa shape index (κ1) is 10.1. The van der Waals surface area contributed by atoms with Gasteiger partial charge in [-0.3, -0.25) is 0 Å². The average molecular weight is 208 g/mol. The van der Waals surface area contributed by atoms with Crippen LogP contribution in [0.5, 0.6) is 11.6 Å². The molecule has 0 fully saturated rings. The zero-order chi connectivity index (χ0) is 10.8. The van der Waals surface area contributed by atoms with Gasteiger partial charge in [-0.15, -0.1) is 0 Å². The SMILES string of the molecule is COc1c(C(C)C)cnc2c1NCCO2. The summed E-state index contributed by atoms with van der Waals surface area (Å²) in [6, 6.07) is 0. The van der Waals surface area contributed by atoms with Gasteiger partial charge in [-0.2, -0.15) is 0 Å². The van der Waals surface area contributed by atoms with E-state index in [-0.39, 0.29) is 0 Å². The molecule has 0 saturated heterocycles. The Labute approximate surface area is 89.6 Å². The van der Waals surface area contributed by atoms with Gasteiger partial charge in [0, 0.05) is 18.3 Å². The van der Waals surface area contributed by atoms with E-state index in [2.05, 4.69) is 24.1 Å². The third-order valence-corrected chi connectivity index (χ3v) is 2.49. The molecule has 1 aromatic heterocycles. The van der Waals surface area contributed by atoms with Gasteiger partial charge in [-0.25, -0.2) is 4.98 Å². The molecule has 0 bridgehead atoms. The van der Waals surface area contributed by atoms with Gasteiger partial charge in [-0.1, -0.05) is 13.8 Å². The van der Waals surface area contributed by atoms with Gasteiger partial charge in [-0.05, 0) is 5.92 Å². The summed E-state index contributed by atoms with van der Waals surface area (Å²) in [6.45, 7) is 5.70. The number of nitrogens with one attached hydrogen (secondary N) is 1. The van der Waals surface area contributed by atoms with Crippen molar-refractivity contribution in [3.8, 4) is 11.6 Å². The summed E-state index contributed by atoms with van der Waals surface area (Å²) in [5, 5.41) is 3.26. The largest absolute Gasteiger partial charge is 0.494 e. The lowest BCUT2D eigenvalue weighted by molar-refractivity contribution is 0.305. The number of hydrogen-bond donors (Lipinski definition) is 1. The number of methoxy groups -OCH3 is 1. The number of aromatic nitrogens is 1. The van der Waals surface area contributed by atoms with Crippen LogP contribution in [0.3, 0.4) is 0 Å². The molecule has 15 heavy (non-hydrogen) atoms. The number of nitrogens with zero attached hydrogens (tertiary/aromatic N) is 1. The third kappa shape index (κ3) is 1.71. The van der Waals surface area contributed by atoms with Crippen LogP contribution in [-0.2, 0) is 0 Å². The Morgan fingerprint density at radius 2 is 2.33 bits per heavy atom. The van der Waals surface area contributed by atoms with Crippen LogP contribution >= 0.6 is 0 Å². The molecule has 4 heteroatoms. The van der Waals surface area contributed by atoms with Crippen LogP contribution in [0.2, 0.25) is 0 Å². The van der Waals surface area contributed by atoms with Gasteiger partial charge in [0.25, 0.3) is 0 Å². The fraction of sp³-hybridized carbons (Fsp3) is 0.545. The normalized spacial score (nSPS) is 14.1. The van der Waals surface area contributed by atoms with E-state index in [0.717, 1.165) is 23.5 Å². The fourth-order valence-electron chi connectivity index (χ4n) is 1.71. The number of hydrogen-bond acceptors (Lipinski definition) is 4. The summed E-state index contributed by atoms with van der Waals surface area (Å²) < 4.78 is 10.9. The Kier molecular flexibility index (Phi) is 2.66. The topological polar surface area (TPSA) is 43.4 Å². The Balaban J connectivity index is 2.51. The summed E-state index contributed by atoms with van der Waals surface area (Å²) in [5.74, 6) is 1.89. The Morgan fingerprint density at radius 1 is 1.53 bits per heavy atom. The summed E-state index contributed by atoms with van der Waals surface area (Å²) in [7, 11) is 1.68. The minimum absolute atomic E-state index is 0.390. The lowest BCUT2D eigenvalue weighted by Crippen LogP contribution is -2.20. The molecule has 0 aliphatic carbocycles.